The van der Waals surface area contributed by atoms with E-state index in [4.69, 9.17) is 4.74 Å². The molecule has 3 atom stereocenters. The third-order valence-corrected chi connectivity index (χ3v) is 5.16. The lowest BCUT2D eigenvalue weighted by Gasteiger charge is -2.26. The topological polar surface area (TPSA) is 82.1 Å². The lowest BCUT2D eigenvalue weighted by atomic mass is 10.1. The Bertz CT molecular complexity index is 687. The lowest BCUT2D eigenvalue weighted by molar-refractivity contribution is -0.128. The fraction of sp³-hybridized carbons (Fsp3) is 0.579. The van der Waals surface area contributed by atoms with Crippen LogP contribution in [0.25, 0.3) is 0 Å². The van der Waals surface area contributed by atoms with Crippen LogP contribution in [0.5, 0.6) is 0 Å². The number of nitrogens with one attached hydrogen (secondary N) is 1. The second-order valence-electron chi connectivity index (χ2n) is 7.11. The first kappa shape index (κ1) is 19.7. The molecule has 2 fully saturated rings. The number of nitrogens with zero attached hydrogens (tertiary/aromatic N) is 2. The van der Waals surface area contributed by atoms with Crippen LogP contribution in [0.4, 0.5) is 4.39 Å². The zero-order valence-corrected chi connectivity index (χ0v) is 15.4. The Labute approximate surface area is 158 Å². The van der Waals surface area contributed by atoms with Gasteiger partial charge in [0.2, 0.25) is 5.91 Å². The number of aliphatic hydroxyl groups excluding tert-OH is 1. The molecule has 148 valence electrons. The van der Waals surface area contributed by atoms with Crippen molar-refractivity contribution in [1.29, 1.82) is 0 Å². The van der Waals surface area contributed by atoms with Crippen LogP contribution in [0.2, 0.25) is 0 Å². The minimum atomic E-state index is -0.838. The maximum Gasteiger partial charge on any atom is 0.251 e. The predicted octanol–water partition coefficient (Wildman–Crippen LogP) is 0.238. The number of carbonyl (C=O) groups is 2. The molecule has 2 aliphatic heterocycles. The smallest absolute Gasteiger partial charge is 0.251 e. The van der Waals surface area contributed by atoms with Crippen molar-refractivity contribution in [2.24, 2.45) is 0 Å². The number of rotatable bonds is 4. The zero-order chi connectivity index (χ0) is 19.4. The number of benzene rings is 1. The third-order valence-electron chi connectivity index (χ3n) is 5.16. The molecule has 0 unspecified atom stereocenters. The van der Waals surface area contributed by atoms with Gasteiger partial charge in [-0.15, -0.1) is 0 Å². The molecule has 1 aromatic rings. The van der Waals surface area contributed by atoms with Crippen LogP contribution in [0.1, 0.15) is 23.7 Å². The van der Waals surface area contributed by atoms with Crippen molar-refractivity contribution in [2.75, 3.05) is 39.3 Å². The van der Waals surface area contributed by atoms with Gasteiger partial charge in [0, 0.05) is 38.7 Å². The zero-order valence-electron chi connectivity index (χ0n) is 15.4. The van der Waals surface area contributed by atoms with Crippen molar-refractivity contribution < 1.29 is 23.8 Å². The Morgan fingerprint density at radius 2 is 2.11 bits per heavy atom. The molecule has 2 N–H and O–H groups in total. The van der Waals surface area contributed by atoms with E-state index in [9.17, 15) is 19.1 Å². The second-order valence-corrected chi connectivity index (χ2v) is 7.11. The summed E-state index contributed by atoms with van der Waals surface area (Å²) in [7, 11) is 0. The van der Waals surface area contributed by atoms with E-state index in [1.165, 1.54) is 18.2 Å². The van der Waals surface area contributed by atoms with Gasteiger partial charge in [-0.1, -0.05) is 6.07 Å². The molecule has 0 aliphatic carbocycles. The molecule has 27 heavy (non-hydrogen) atoms. The summed E-state index contributed by atoms with van der Waals surface area (Å²) in [5.74, 6) is -0.840. The summed E-state index contributed by atoms with van der Waals surface area (Å²) in [5.41, 5.74) is 0.211. The van der Waals surface area contributed by atoms with Gasteiger partial charge in [0.25, 0.3) is 5.91 Å². The number of carbonyl (C=O) groups excluding carboxylic acids is 2. The van der Waals surface area contributed by atoms with Crippen LogP contribution >= 0.6 is 0 Å². The molecular formula is C19H26FN3O4. The van der Waals surface area contributed by atoms with Crippen molar-refractivity contribution in [3.8, 4) is 0 Å². The summed E-state index contributed by atoms with van der Waals surface area (Å²) in [6.07, 6.45) is -0.372. The predicted molar refractivity (Wildman–Crippen MR) is 96.7 cm³/mol. The molecule has 2 aliphatic rings. The minimum absolute atomic E-state index is 0.0779. The van der Waals surface area contributed by atoms with Gasteiger partial charge in [0.15, 0.2) is 0 Å². The monoisotopic (exact) mass is 379 g/mol. The molecule has 0 aromatic heterocycles. The Balaban J connectivity index is 1.51. The molecule has 2 saturated heterocycles. The standard InChI is InChI=1S/C19H26FN3O4/c1-13(24)23-7-3-6-22(8-9-23)11-17-18(25)16(12-27-17)21-19(26)14-4-2-5-15(20)10-14/h2,4-5,10,16-18,25H,3,6-9,11-12H2,1H3,(H,21,26)/t16-,17-,18+/m0/s1. The molecular weight excluding hydrogens is 353 g/mol. The fourth-order valence-corrected chi connectivity index (χ4v) is 3.58. The van der Waals surface area contributed by atoms with Gasteiger partial charge in [-0.3, -0.25) is 14.5 Å². The van der Waals surface area contributed by atoms with Crippen LogP contribution < -0.4 is 5.32 Å². The third kappa shape index (κ3) is 5.03. The highest BCUT2D eigenvalue weighted by atomic mass is 19.1. The first-order valence-corrected chi connectivity index (χ1v) is 9.28. The molecule has 0 spiro atoms. The van der Waals surface area contributed by atoms with Crippen LogP contribution in [-0.4, -0.2) is 84.3 Å². The minimum Gasteiger partial charge on any atom is -0.388 e. The lowest BCUT2D eigenvalue weighted by Crippen LogP contribution is -2.47. The second kappa shape index (κ2) is 8.77. The van der Waals surface area contributed by atoms with E-state index in [-0.39, 0.29) is 18.1 Å². The first-order chi connectivity index (χ1) is 12.9. The average Bonchev–Trinajstić information content (AvgIpc) is 2.84. The Morgan fingerprint density at radius 1 is 1.30 bits per heavy atom. The van der Waals surface area contributed by atoms with Crippen molar-refractivity contribution in [2.45, 2.75) is 31.6 Å². The number of ether oxygens (including phenoxy) is 1. The Morgan fingerprint density at radius 3 is 2.85 bits per heavy atom. The van der Waals surface area contributed by atoms with Crippen LogP contribution in [0, 0.1) is 5.82 Å². The summed E-state index contributed by atoms with van der Waals surface area (Å²) in [6, 6.07) is 4.89. The number of amides is 2. The van der Waals surface area contributed by atoms with Crippen LogP contribution in [0.3, 0.4) is 0 Å². The largest absolute Gasteiger partial charge is 0.388 e. The molecule has 3 rings (SSSR count). The van der Waals surface area contributed by atoms with Gasteiger partial charge in [0.05, 0.1) is 18.8 Å². The van der Waals surface area contributed by atoms with Crippen molar-refractivity contribution >= 4 is 11.8 Å². The molecule has 0 bridgehead atoms. The fourth-order valence-electron chi connectivity index (χ4n) is 3.58. The summed E-state index contributed by atoms with van der Waals surface area (Å²) < 4.78 is 19.0. The molecule has 0 saturated carbocycles. The molecule has 2 heterocycles. The van der Waals surface area contributed by atoms with Gasteiger partial charge >= 0.3 is 0 Å². The van der Waals surface area contributed by atoms with Crippen molar-refractivity contribution in [1.82, 2.24) is 15.1 Å². The van der Waals surface area contributed by atoms with Gasteiger partial charge in [-0.05, 0) is 31.2 Å². The number of hydrogen-bond acceptors (Lipinski definition) is 5. The maximum atomic E-state index is 13.3. The number of aliphatic hydroxyl groups is 1. The van der Waals surface area contributed by atoms with E-state index in [1.54, 1.807) is 6.92 Å². The van der Waals surface area contributed by atoms with Crippen LogP contribution in [-0.2, 0) is 9.53 Å². The van der Waals surface area contributed by atoms with Crippen molar-refractivity contribution in [3.63, 3.8) is 0 Å². The molecule has 7 nitrogen and oxygen atoms in total. The van der Waals surface area contributed by atoms with E-state index < -0.39 is 30.0 Å². The molecule has 1 aromatic carbocycles. The van der Waals surface area contributed by atoms with Crippen molar-refractivity contribution in [3.05, 3.63) is 35.6 Å². The quantitative estimate of drug-likeness (QED) is 0.783. The summed E-state index contributed by atoms with van der Waals surface area (Å²) in [5, 5.41) is 13.3. The Hall–Kier alpha value is -2.03. The van der Waals surface area contributed by atoms with Gasteiger partial charge in [0.1, 0.15) is 11.9 Å². The van der Waals surface area contributed by atoms with Crippen LogP contribution in [0.15, 0.2) is 24.3 Å². The van der Waals surface area contributed by atoms with E-state index in [2.05, 4.69) is 10.2 Å². The van der Waals surface area contributed by atoms with Gasteiger partial charge < -0.3 is 20.1 Å². The maximum absolute atomic E-state index is 13.3. The van der Waals surface area contributed by atoms with E-state index in [0.29, 0.717) is 13.1 Å². The highest BCUT2D eigenvalue weighted by molar-refractivity contribution is 5.94. The highest BCUT2D eigenvalue weighted by Crippen LogP contribution is 2.17. The summed E-state index contributed by atoms with van der Waals surface area (Å²) >= 11 is 0. The molecule has 8 heteroatoms. The summed E-state index contributed by atoms with van der Waals surface area (Å²) in [6.45, 7) is 5.29. The molecule has 0 radical (unpaired) electrons. The Kier molecular flexibility index (Phi) is 6.41. The SMILES string of the molecule is CC(=O)N1CCCN(C[C@@H]2OC[C@H](NC(=O)c3cccc(F)c3)[C@H]2O)CC1. The average molecular weight is 379 g/mol. The number of hydrogen-bond donors (Lipinski definition) is 2. The number of halogens is 1. The van der Waals surface area contributed by atoms with Gasteiger partial charge in [-0.2, -0.15) is 0 Å². The first-order valence-electron chi connectivity index (χ1n) is 9.28. The normalized spacial score (nSPS) is 26.6. The molecule has 2 amide bonds. The highest BCUT2D eigenvalue weighted by Gasteiger charge is 2.38. The van der Waals surface area contributed by atoms with E-state index >= 15 is 0 Å². The van der Waals surface area contributed by atoms with E-state index in [0.717, 1.165) is 32.1 Å². The van der Waals surface area contributed by atoms with Gasteiger partial charge in [-0.25, -0.2) is 4.39 Å². The van der Waals surface area contributed by atoms with E-state index in [1.807, 2.05) is 4.90 Å². The summed E-state index contributed by atoms with van der Waals surface area (Å²) in [4.78, 5) is 27.8.